The Bertz CT molecular complexity index is 84.1. The van der Waals surface area contributed by atoms with Crippen LogP contribution >= 0.6 is 0 Å². The maximum absolute atomic E-state index is 9.91. The standard InChI is InChI=1S/C4H10N2O2/c5-2-1-3(6)4(7)8/h3H,1-2,5-6H2,(H,7,8)/t3-/m0/s1/i2-1. The third-order valence-electron chi connectivity index (χ3n) is 0.795. The summed E-state index contributed by atoms with van der Waals surface area (Å²) < 4.78 is 0. The SMILES string of the molecule is N[11CH2]C[C@H](N)C(=O)O. The molecule has 4 nitrogen and oxygen atoms in total. The minimum atomic E-state index is -0.990. The zero-order chi connectivity index (χ0) is 6.57. The second-order valence-corrected chi connectivity index (χ2v) is 1.52. The molecule has 0 aromatic carbocycles. The van der Waals surface area contributed by atoms with E-state index in [-0.39, 0.29) is 0 Å². The third-order valence-corrected chi connectivity index (χ3v) is 0.795. The molecule has 0 rings (SSSR count). The van der Waals surface area contributed by atoms with Crippen LogP contribution in [0.1, 0.15) is 6.42 Å². The second kappa shape index (κ2) is 3.40. The smallest absolute Gasteiger partial charge is 0.320 e. The summed E-state index contributed by atoms with van der Waals surface area (Å²) in [6.45, 7) is 0.327. The molecule has 0 saturated heterocycles. The summed E-state index contributed by atoms with van der Waals surface area (Å²) in [6, 6.07) is -0.792. The Labute approximate surface area is 47.5 Å². The topological polar surface area (TPSA) is 89.3 Å². The van der Waals surface area contributed by atoms with Crippen LogP contribution in [-0.4, -0.2) is 23.7 Å². The summed E-state index contributed by atoms with van der Waals surface area (Å²) in [7, 11) is 0. The molecular weight excluding hydrogens is 107 g/mol. The summed E-state index contributed by atoms with van der Waals surface area (Å²) >= 11 is 0. The Morgan fingerprint density at radius 3 is 2.38 bits per heavy atom. The average molecular weight is 117 g/mol. The van der Waals surface area contributed by atoms with Crippen molar-refractivity contribution in [1.82, 2.24) is 0 Å². The van der Waals surface area contributed by atoms with Crippen LogP contribution in [0, 0.1) is 0 Å². The number of hydrogen-bond donors (Lipinski definition) is 3. The van der Waals surface area contributed by atoms with Crippen LogP contribution in [0.2, 0.25) is 0 Å². The van der Waals surface area contributed by atoms with Crippen LogP contribution < -0.4 is 11.5 Å². The lowest BCUT2D eigenvalue weighted by Crippen LogP contribution is -2.32. The zero-order valence-corrected chi connectivity index (χ0v) is 4.50. The van der Waals surface area contributed by atoms with Gasteiger partial charge < -0.3 is 16.6 Å². The van der Waals surface area contributed by atoms with Gasteiger partial charge in [-0.25, -0.2) is 0 Å². The van der Waals surface area contributed by atoms with E-state index >= 15 is 0 Å². The molecule has 0 aromatic heterocycles. The number of hydrogen-bond acceptors (Lipinski definition) is 3. The monoisotopic (exact) mass is 117 g/mol. The molecule has 1 atom stereocenters. The van der Waals surface area contributed by atoms with Crippen molar-refractivity contribution in [3.63, 3.8) is 0 Å². The largest absolute Gasteiger partial charge is 0.480 e. The molecule has 5 N–H and O–H groups in total. The lowest BCUT2D eigenvalue weighted by Gasteiger charge is -2.00. The molecule has 0 radical (unpaired) electrons. The molecule has 0 aliphatic carbocycles. The van der Waals surface area contributed by atoms with Crippen LogP contribution in [-0.2, 0) is 4.79 Å². The zero-order valence-electron chi connectivity index (χ0n) is 4.50. The Kier molecular flexibility index (Phi) is 3.14. The maximum atomic E-state index is 9.91. The summed E-state index contributed by atoms with van der Waals surface area (Å²) in [5.74, 6) is -0.990. The van der Waals surface area contributed by atoms with Crippen molar-refractivity contribution >= 4 is 5.97 Å². The van der Waals surface area contributed by atoms with Crippen molar-refractivity contribution in [2.24, 2.45) is 11.5 Å². The first-order valence-corrected chi connectivity index (χ1v) is 2.37. The fourth-order valence-electron chi connectivity index (χ4n) is 0.303. The Morgan fingerprint density at radius 2 is 2.25 bits per heavy atom. The van der Waals surface area contributed by atoms with Gasteiger partial charge in [0.2, 0.25) is 0 Å². The van der Waals surface area contributed by atoms with E-state index in [1.54, 1.807) is 0 Å². The van der Waals surface area contributed by atoms with Gasteiger partial charge in [0.1, 0.15) is 6.04 Å². The molecule has 0 unspecified atom stereocenters. The average Bonchev–Trinajstić information content (AvgIpc) is 1.67. The van der Waals surface area contributed by atoms with Gasteiger partial charge in [-0.3, -0.25) is 4.79 Å². The first-order chi connectivity index (χ1) is 3.68. The van der Waals surface area contributed by atoms with Crippen LogP contribution in [0.3, 0.4) is 0 Å². The summed E-state index contributed by atoms with van der Waals surface area (Å²) in [5.41, 5.74) is 10.1. The molecule has 48 valence electrons. The molecule has 8 heavy (non-hydrogen) atoms. The number of aliphatic carboxylic acids is 1. The van der Waals surface area contributed by atoms with Crippen molar-refractivity contribution in [2.45, 2.75) is 12.5 Å². The van der Waals surface area contributed by atoms with Crippen molar-refractivity contribution < 1.29 is 9.90 Å². The van der Waals surface area contributed by atoms with Crippen molar-refractivity contribution in [1.29, 1.82) is 0 Å². The van der Waals surface area contributed by atoms with Crippen molar-refractivity contribution in [3.8, 4) is 0 Å². The molecule has 0 saturated carbocycles. The van der Waals surface area contributed by atoms with E-state index in [2.05, 4.69) is 0 Å². The van der Waals surface area contributed by atoms with Gasteiger partial charge >= 0.3 is 5.97 Å². The van der Waals surface area contributed by atoms with Crippen LogP contribution in [0.5, 0.6) is 0 Å². The molecule has 0 spiro atoms. The van der Waals surface area contributed by atoms with E-state index < -0.39 is 12.0 Å². The first kappa shape index (κ1) is 7.39. The van der Waals surface area contributed by atoms with Gasteiger partial charge in [-0.1, -0.05) is 0 Å². The fraction of sp³-hybridized carbons (Fsp3) is 0.750. The normalized spacial score (nSPS) is 13.2. The number of carbonyl (C=O) groups is 1. The molecule has 0 aromatic rings. The summed E-state index contributed by atoms with van der Waals surface area (Å²) in [6.07, 6.45) is 0.343. The fourth-order valence-corrected chi connectivity index (χ4v) is 0.303. The van der Waals surface area contributed by atoms with Gasteiger partial charge in [0.05, 0.1) is 0 Å². The van der Waals surface area contributed by atoms with E-state index in [1.807, 2.05) is 0 Å². The summed E-state index contributed by atoms with van der Waals surface area (Å²) in [5, 5.41) is 8.13. The highest BCUT2D eigenvalue weighted by molar-refractivity contribution is 5.72. The Morgan fingerprint density at radius 1 is 1.75 bits per heavy atom. The van der Waals surface area contributed by atoms with Gasteiger partial charge in [-0.05, 0) is 13.0 Å². The lowest BCUT2D eigenvalue weighted by atomic mass is 9.96. The van der Waals surface area contributed by atoms with Crippen molar-refractivity contribution in [2.75, 3.05) is 6.54 Å². The minimum Gasteiger partial charge on any atom is -0.480 e. The Balaban J connectivity index is 3.32. The molecule has 0 amide bonds. The second-order valence-electron chi connectivity index (χ2n) is 1.52. The van der Waals surface area contributed by atoms with E-state index in [9.17, 15) is 4.79 Å². The number of carboxylic acids is 1. The molecule has 0 aliphatic rings. The predicted molar refractivity (Wildman–Crippen MR) is 29.3 cm³/mol. The van der Waals surface area contributed by atoms with Gasteiger partial charge in [0, 0.05) is 0 Å². The van der Waals surface area contributed by atoms with Crippen molar-refractivity contribution in [3.05, 3.63) is 0 Å². The molecule has 0 aliphatic heterocycles. The highest BCUT2D eigenvalue weighted by Gasteiger charge is 2.07. The van der Waals surface area contributed by atoms with E-state index in [1.165, 1.54) is 0 Å². The van der Waals surface area contributed by atoms with Gasteiger partial charge in [0.15, 0.2) is 0 Å². The molecule has 4 heteroatoms. The first-order valence-electron chi connectivity index (χ1n) is 2.37. The van der Waals surface area contributed by atoms with Gasteiger partial charge in [0.25, 0.3) is 0 Å². The van der Waals surface area contributed by atoms with Gasteiger partial charge in [-0.15, -0.1) is 0 Å². The molecule has 0 bridgehead atoms. The summed E-state index contributed by atoms with van der Waals surface area (Å²) in [4.78, 5) is 9.91. The number of carboxylic acid groups (broad SMARTS) is 1. The van der Waals surface area contributed by atoms with Crippen LogP contribution in [0.25, 0.3) is 0 Å². The van der Waals surface area contributed by atoms with Crippen LogP contribution in [0.4, 0.5) is 0 Å². The highest BCUT2D eigenvalue weighted by atomic mass is 16.4. The molecule has 0 fully saturated rings. The van der Waals surface area contributed by atoms with Crippen LogP contribution in [0.15, 0.2) is 0 Å². The van der Waals surface area contributed by atoms with E-state index in [0.29, 0.717) is 13.0 Å². The van der Waals surface area contributed by atoms with E-state index in [0.717, 1.165) is 0 Å². The lowest BCUT2D eigenvalue weighted by molar-refractivity contribution is -0.138. The maximum Gasteiger partial charge on any atom is 0.320 e. The molecular formula is C4H10N2O2. The Hall–Kier alpha value is -0.610. The number of rotatable bonds is 3. The van der Waals surface area contributed by atoms with E-state index in [4.69, 9.17) is 16.6 Å². The highest BCUT2D eigenvalue weighted by Crippen LogP contribution is 1.82. The third kappa shape index (κ3) is 2.54. The number of nitrogens with two attached hydrogens (primary N) is 2. The van der Waals surface area contributed by atoms with Gasteiger partial charge in [-0.2, -0.15) is 0 Å². The predicted octanol–water partition coefficient (Wildman–Crippen LogP) is -1.25. The quantitative estimate of drug-likeness (QED) is 0.430. The molecule has 0 heterocycles. The minimum absolute atomic E-state index is 0.327.